The van der Waals surface area contributed by atoms with E-state index in [0.717, 1.165) is 24.1 Å². The van der Waals surface area contributed by atoms with E-state index < -0.39 is 0 Å². The lowest BCUT2D eigenvalue weighted by Gasteiger charge is -2.19. The highest BCUT2D eigenvalue weighted by Gasteiger charge is 2.42. The zero-order chi connectivity index (χ0) is 15.8. The first-order valence-corrected chi connectivity index (χ1v) is 8.40. The van der Waals surface area contributed by atoms with E-state index in [4.69, 9.17) is 11.6 Å². The van der Waals surface area contributed by atoms with Gasteiger partial charge in [0.05, 0.1) is 17.8 Å². The van der Waals surface area contributed by atoms with Gasteiger partial charge in [-0.05, 0) is 43.5 Å². The maximum absolute atomic E-state index is 12.3. The summed E-state index contributed by atoms with van der Waals surface area (Å²) < 4.78 is 1.79. The summed E-state index contributed by atoms with van der Waals surface area (Å²) in [6, 6.07) is 8.42. The summed E-state index contributed by atoms with van der Waals surface area (Å²) in [4.78, 5) is 12.3. The number of amides is 1. The molecule has 2 fully saturated rings. The monoisotopic (exact) mass is 330 g/mol. The number of hydrogen-bond donors (Lipinski definition) is 2. The summed E-state index contributed by atoms with van der Waals surface area (Å²) in [5.41, 5.74) is 1.94. The molecule has 3 heterocycles. The summed E-state index contributed by atoms with van der Waals surface area (Å²) in [6.45, 7) is 0.514. The van der Waals surface area contributed by atoms with Crippen molar-refractivity contribution < 1.29 is 4.79 Å². The second kappa shape index (κ2) is 5.98. The number of halogens is 1. The highest BCUT2D eigenvalue weighted by molar-refractivity contribution is 6.30. The minimum absolute atomic E-state index is 0.125. The Morgan fingerprint density at radius 2 is 2.17 bits per heavy atom. The van der Waals surface area contributed by atoms with Crippen LogP contribution in [0.3, 0.4) is 0 Å². The minimum Gasteiger partial charge on any atom is -0.352 e. The highest BCUT2D eigenvalue weighted by Crippen LogP contribution is 2.33. The van der Waals surface area contributed by atoms with Crippen LogP contribution in [0, 0.1) is 5.92 Å². The van der Waals surface area contributed by atoms with Crippen LogP contribution in [0.5, 0.6) is 0 Å². The fourth-order valence-electron chi connectivity index (χ4n) is 3.62. The number of rotatable bonds is 4. The molecule has 2 bridgehead atoms. The van der Waals surface area contributed by atoms with Crippen molar-refractivity contribution in [3.8, 4) is 5.69 Å². The van der Waals surface area contributed by atoms with Crippen molar-refractivity contribution in [2.45, 2.75) is 37.9 Å². The number of nitrogens with zero attached hydrogens (tertiary/aromatic N) is 2. The minimum atomic E-state index is 0.125. The molecule has 2 aromatic rings. The Balaban J connectivity index is 1.36. The van der Waals surface area contributed by atoms with Crippen LogP contribution in [0.2, 0.25) is 5.02 Å². The van der Waals surface area contributed by atoms with Gasteiger partial charge in [0.2, 0.25) is 5.91 Å². The van der Waals surface area contributed by atoms with E-state index in [0.29, 0.717) is 23.7 Å². The number of benzene rings is 1. The summed E-state index contributed by atoms with van der Waals surface area (Å²) >= 11 is 5.90. The molecule has 5 nitrogen and oxygen atoms in total. The van der Waals surface area contributed by atoms with Gasteiger partial charge in [0, 0.05) is 35.4 Å². The zero-order valence-corrected chi connectivity index (χ0v) is 13.5. The van der Waals surface area contributed by atoms with E-state index in [2.05, 4.69) is 15.7 Å². The van der Waals surface area contributed by atoms with Gasteiger partial charge in [-0.3, -0.25) is 4.79 Å². The third-order valence-electron chi connectivity index (χ3n) is 4.83. The molecule has 0 spiro atoms. The number of fused-ring (bicyclic) bond motifs is 2. The summed E-state index contributed by atoms with van der Waals surface area (Å²) in [5.74, 6) is 0.281. The summed E-state index contributed by atoms with van der Waals surface area (Å²) in [5, 5.41) is 11.6. The first-order chi connectivity index (χ1) is 11.2. The Morgan fingerprint density at radius 1 is 1.35 bits per heavy atom. The maximum Gasteiger partial charge on any atom is 0.225 e. The number of nitrogens with one attached hydrogen (secondary N) is 2. The van der Waals surface area contributed by atoms with E-state index in [1.54, 1.807) is 10.9 Å². The Labute approximate surface area is 140 Å². The largest absolute Gasteiger partial charge is 0.352 e. The van der Waals surface area contributed by atoms with E-state index in [1.165, 1.54) is 6.42 Å². The Bertz CT molecular complexity index is 712. The normalized spacial score (nSPS) is 25.7. The predicted molar refractivity (Wildman–Crippen MR) is 88.5 cm³/mol. The van der Waals surface area contributed by atoms with Crippen molar-refractivity contribution in [3.63, 3.8) is 0 Å². The smallest absolute Gasteiger partial charge is 0.225 e. The fraction of sp³-hybridized carbons (Fsp3) is 0.412. The van der Waals surface area contributed by atoms with Gasteiger partial charge in [0.15, 0.2) is 0 Å². The first-order valence-electron chi connectivity index (χ1n) is 8.02. The van der Waals surface area contributed by atoms with Crippen molar-refractivity contribution >= 4 is 17.5 Å². The molecule has 1 amide bonds. The van der Waals surface area contributed by atoms with E-state index in [-0.39, 0.29) is 11.8 Å². The molecule has 0 radical (unpaired) electrons. The number of hydrogen-bond acceptors (Lipinski definition) is 3. The second-order valence-corrected chi connectivity index (χ2v) is 6.81. The molecule has 0 saturated carbocycles. The van der Waals surface area contributed by atoms with Crippen LogP contribution >= 0.6 is 11.6 Å². The third kappa shape index (κ3) is 2.99. The van der Waals surface area contributed by atoms with Gasteiger partial charge < -0.3 is 10.6 Å². The van der Waals surface area contributed by atoms with Crippen molar-refractivity contribution in [1.82, 2.24) is 20.4 Å². The molecule has 6 heteroatoms. The van der Waals surface area contributed by atoms with Gasteiger partial charge in [0.25, 0.3) is 0 Å². The van der Waals surface area contributed by atoms with Gasteiger partial charge >= 0.3 is 0 Å². The Hall–Kier alpha value is -1.85. The number of aromatic nitrogens is 2. The average Bonchev–Trinajstić information content (AvgIpc) is 3.29. The van der Waals surface area contributed by atoms with Crippen LogP contribution in [0.15, 0.2) is 36.7 Å². The summed E-state index contributed by atoms with van der Waals surface area (Å²) in [7, 11) is 0. The molecule has 2 aliphatic heterocycles. The lowest BCUT2D eigenvalue weighted by Crippen LogP contribution is -2.37. The fourth-order valence-corrected chi connectivity index (χ4v) is 3.75. The molecular weight excluding hydrogens is 312 g/mol. The molecule has 3 atom stereocenters. The third-order valence-corrected chi connectivity index (χ3v) is 5.08. The second-order valence-electron chi connectivity index (χ2n) is 6.38. The topological polar surface area (TPSA) is 59.0 Å². The SMILES string of the molecule is O=C(NCc1cnn(-c2ccc(Cl)cc2)c1)[C@@H]1C[C@@H]2CC[C@H]1N2. The number of carbonyl (C=O) groups is 1. The lowest BCUT2D eigenvalue weighted by atomic mass is 9.88. The molecule has 0 aliphatic carbocycles. The highest BCUT2D eigenvalue weighted by atomic mass is 35.5. The van der Waals surface area contributed by atoms with Crippen LogP contribution < -0.4 is 10.6 Å². The summed E-state index contributed by atoms with van der Waals surface area (Å²) in [6.07, 6.45) is 7.02. The van der Waals surface area contributed by atoms with Crippen molar-refractivity contribution in [1.29, 1.82) is 0 Å². The molecule has 4 rings (SSSR count). The molecule has 120 valence electrons. The van der Waals surface area contributed by atoms with Crippen molar-refractivity contribution in [2.24, 2.45) is 5.92 Å². The molecule has 2 N–H and O–H groups in total. The van der Waals surface area contributed by atoms with E-state index in [1.807, 2.05) is 30.5 Å². The van der Waals surface area contributed by atoms with Gasteiger partial charge in [-0.25, -0.2) is 4.68 Å². The Kier molecular flexibility index (Phi) is 3.83. The van der Waals surface area contributed by atoms with Crippen LogP contribution in [0.1, 0.15) is 24.8 Å². The van der Waals surface area contributed by atoms with Crippen LogP contribution in [0.4, 0.5) is 0 Å². The van der Waals surface area contributed by atoms with Gasteiger partial charge in [0.1, 0.15) is 0 Å². The molecule has 1 aromatic carbocycles. The predicted octanol–water partition coefficient (Wildman–Crippen LogP) is 2.28. The van der Waals surface area contributed by atoms with Crippen molar-refractivity contribution in [2.75, 3.05) is 0 Å². The van der Waals surface area contributed by atoms with E-state index >= 15 is 0 Å². The molecule has 23 heavy (non-hydrogen) atoms. The molecule has 2 aliphatic rings. The average molecular weight is 331 g/mol. The van der Waals surface area contributed by atoms with Gasteiger partial charge in [-0.1, -0.05) is 11.6 Å². The quantitative estimate of drug-likeness (QED) is 0.904. The van der Waals surface area contributed by atoms with E-state index in [9.17, 15) is 4.79 Å². The maximum atomic E-state index is 12.3. The van der Waals surface area contributed by atoms with Gasteiger partial charge in [-0.15, -0.1) is 0 Å². The van der Waals surface area contributed by atoms with Crippen LogP contribution in [-0.2, 0) is 11.3 Å². The molecule has 0 unspecified atom stereocenters. The van der Waals surface area contributed by atoms with Crippen LogP contribution in [-0.4, -0.2) is 27.8 Å². The lowest BCUT2D eigenvalue weighted by molar-refractivity contribution is -0.125. The molecule has 1 aromatic heterocycles. The molecular formula is C17H19ClN4O. The zero-order valence-electron chi connectivity index (χ0n) is 12.7. The number of carbonyl (C=O) groups excluding carboxylic acids is 1. The standard InChI is InChI=1S/C17H19ClN4O/c18-12-1-4-14(5-2-12)22-10-11(9-20-22)8-19-17(23)15-7-13-3-6-16(15)21-13/h1-2,4-5,9-10,13,15-16,21H,3,6-8H2,(H,19,23)/t13-,15+,16+/m0/s1. The Morgan fingerprint density at radius 3 is 2.87 bits per heavy atom. The first kappa shape index (κ1) is 14.7. The van der Waals surface area contributed by atoms with Crippen LogP contribution in [0.25, 0.3) is 5.69 Å². The van der Waals surface area contributed by atoms with Crippen molar-refractivity contribution in [3.05, 3.63) is 47.2 Å². The molecule has 2 saturated heterocycles. The van der Waals surface area contributed by atoms with Gasteiger partial charge in [-0.2, -0.15) is 5.10 Å².